The second-order valence-electron chi connectivity index (χ2n) is 8.97. The van der Waals surface area contributed by atoms with E-state index in [1.807, 2.05) is 0 Å². The number of imide groups is 1. The van der Waals surface area contributed by atoms with Crippen LogP contribution >= 0.6 is 15.9 Å². The summed E-state index contributed by atoms with van der Waals surface area (Å²) in [6.07, 6.45) is -9.60. The van der Waals surface area contributed by atoms with Crippen molar-refractivity contribution in [1.29, 1.82) is 0 Å². The SMILES string of the molecule is CC(C)(C)OC(=O)N(C(=O)c1ccccc1)C1=NC(C)(c2nc(Br)ccc2F)CC(C(F)(F)F)O1. The number of aliphatic imine (C=N–C) groups is 1. The molecule has 2 unspecified atom stereocenters. The third kappa shape index (κ3) is 6.16. The van der Waals surface area contributed by atoms with Crippen LogP contribution < -0.4 is 0 Å². The van der Waals surface area contributed by atoms with Crippen LogP contribution in [0.15, 0.2) is 52.1 Å². The lowest BCUT2D eigenvalue weighted by molar-refractivity contribution is -0.210. The molecule has 0 spiro atoms. The molecular weight excluding hydrogens is 538 g/mol. The van der Waals surface area contributed by atoms with Crippen LogP contribution in [0.25, 0.3) is 0 Å². The summed E-state index contributed by atoms with van der Waals surface area (Å²) in [7, 11) is 0. The first-order valence-electron chi connectivity index (χ1n) is 10.4. The fraction of sp³-hybridized carbons (Fsp3) is 0.391. The Morgan fingerprint density at radius 2 is 1.77 bits per heavy atom. The predicted molar refractivity (Wildman–Crippen MR) is 121 cm³/mol. The molecule has 12 heteroatoms. The normalized spacial score (nSPS) is 20.5. The van der Waals surface area contributed by atoms with Crippen LogP contribution in [0.2, 0.25) is 0 Å². The fourth-order valence-electron chi connectivity index (χ4n) is 3.31. The smallest absolute Gasteiger partial charge is 0.425 e. The van der Waals surface area contributed by atoms with Gasteiger partial charge in [0.25, 0.3) is 5.91 Å². The molecule has 1 aliphatic rings. The first-order valence-corrected chi connectivity index (χ1v) is 11.2. The average Bonchev–Trinajstić information content (AvgIpc) is 2.74. The third-order valence-electron chi connectivity index (χ3n) is 4.85. The van der Waals surface area contributed by atoms with E-state index in [-0.39, 0.29) is 15.1 Å². The molecule has 2 amide bonds. The molecule has 7 nitrogen and oxygen atoms in total. The van der Waals surface area contributed by atoms with E-state index >= 15 is 0 Å². The highest BCUT2D eigenvalue weighted by Gasteiger charge is 2.53. The number of benzene rings is 1. The van der Waals surface area contributed by atoms with Crippen LogP contribution in [0, 0.1) is 5.82 Å². The number of ether oxygens (including phenoxy) is 2. The van der Waals surface area contributed by atoms with Gasteiger partial charge in [0.05, 0.1) is 0 Å². The van der Waals surface area contributed by atoms with Gasteiger partial charge in [-0.3, -0.25) is 4.79 Å². The van der Waals surface area contributed by atoms with Crippen molar-refractivity contribution in [2.24, 2.45) is 4.99 Å². The molecule has 0 bridgehead atoms. The van der Waals surface area contributed by atoms with Crippen molar-refractivity contribution in [2.75, 3.05) is 0 Å². The minimum absolute atomic E-state index is 0.0349. The van der Waals surface area contributed by atoms with Gasteiger partial charge in [0, 0.05) is 12.0 Å². The molecule has 0 fully saturated rings. The van der Waals surface area contributed by atoms with Crippen LogP contribution in [-0.2, 0) is 15.0 Å². The topological polar surface area (TPSA) is 81.1 Å². The molecule has 2 atom stereocenters. The van der Waals surface area contributed by atoms with E-state index in [2.05, 4.69) is 25.9 Å². The fourth-order valence-corrected chi connectivity index (χ4v) is 3.62. The largest absolute Gasteiger partial charge is 0.451 e. The van der Waals surface area contributed by atoms with Gasteiger partial charge in [0.2, 0.25) is 0 Å². The van der Waals surface area contributed by atoms with Crippen molar-refractivity contribution in [3.05, 3.63) is 64.1 Å². The summed E-state index contributed by atoms with van der Waals surface area (Å²) < 4.78 is 66.8. The monoisotopic (exact) mass is 559 g/mol. The zero-order chi connectivity index (χ0) is 26.2. The molecule has 0 N–H and O–H groups in total. The van der Waals surface area contributed by atoms with E-state index in [4.69, 9.17) is 9.47 Å². The maximum atomic E-state index is 14.7. The Morgan fingerprint density at radius 3 is 2.34 bits per heavy atom. The van der Waals surface area contributed by atoms with Gasteiger partial charge in [-0.05, 0) is 67.9 Å². The number of halogens is 5. The summed E-state index contributed by atoms with van der Waals surface area (Å²) in [5, 5.41) is 0. The van der Waals surface area contributed by atoms with Crippen molar-refractivity contribution in [2.45, 2.75) is 57.5 Å². The molecule has 35 heavy (non-hydrogen) atoms. The number of pyridine rings is 1. The molecule has 2 aromatic rings. The molecule has 0 saturated heterocycles. The highest BCUT2D eigenvalue weighted by molar-refractivity contribution is 9.10. The molecule has 3 rings (SSSR count). The van der Waals surface area contributed by atoms with Gasteiger partial charge in [-0.1, -0.05) is 18.2 Å². The van der Waals surface area contributed by atoms with E-state index < -0.39 is 59.4 Å². The van der Waals surface area contributed by atoms with Gasteiger partial charge in [-0.2, -0.15) is 18.1 Å². The lowest BCUT2D eigenvalue weighted by Gasteiger charge is -2.38. The highest BCUT2D eigenvalue weighted by atomic mass is 79.9. The number of hydrogen-bond donors (Lipinski definition) is 0. The molecule has 2 heterocycles. The summed E-state index contributed by atoms with van der Waals surface area (Å²) in [5.41, 5.74) is -3.50. The van der Waals surface area contributed by atoms with Crippen LogP contribution in [0.5, 0.6) is 0 Å². The third-order valence-corrected chi connectivity index (χ3v) is 5.29. The number of nitrogens with zero attached hydrogens (tertiary/aromatic N) is 3. The number of rotatable bonds is 2. The Labute approximate surface area is 207 Å². The lowest BCUT2D eigenvalue weighted by Crippen LogP contribution is -2.53. The Bertz CT molecular complexity index is 1150. The van der Waals surface area contributed by atoms with Gasteiger partial charge >= 0.3 is 18.3 Å². The van der Waals surface area contributed by atoms with E-state index in [1.165, 1.54) is 58.0 Å². The highest BCUT2D eigenvalue weighted by Crippen LogP contribution is 2.41. The Balaban J connectivity index is 2.20. The Morgan fingerprint density at radius 1 is 1.14 bits per heavy atom. The second kappa shape index (κ2) is 9.56. The molecule has 1 aromatic heterocycles. The average molecular weight is 560 g/mol. The van der Waals surface area contributed by atoms with Gasteiger partial charge in [-0.25, -0.2) is 19.2 Å². The molecule has 0 radical (unpaired) electrons. The Kier molecular flexibility index (Phi) is 7.26. The van der Waals surface area contributed by atoms with Gasteiger partial charge in [-0.15, -0.1) is 0 Å². The minimum Gasteiger partial charge on any atom is -0.451 e. The van der Waals surface area contributed by atoms with E-state index in [1.54, 1.807) is 6.07 Å². The summed E-state index contributed by atoms with van der Waals surface area (Å²) in [6, 6.07) is 8.66. The van der Waals surface area contributed by atoms with Gasteiger partial charge < -0.3 is 9.47 Å². The van der Waals surface area contributed by atoms with Crippen molar-refractivity contribution in [1.82, 2.24) is 9.88 Å². The molecule has 0 saturated carbocycles. The molecular formula is C23H22BrF4N3O4. The minimum atomic E-state index is -4.93. The van der Waals surface area contributed by atoms with E-state index in [9.17, 15) is 27.2 Å². The number of amides is 2. The van der Waals surface area contributed by atoms with Crippen LogP contribution in [0.1, 0.15) is 50.2 Å². The number of carbonyl (C=O) groups is 2. The zero-order valence-electron chi connectivity index (χ0n) is 19.2. The van der Waals surface area contributed by atoms with Crippen LogP contribution in [-0.4, -0.2) is 45.8 Å². The van der Waals surface area contributed by atoms with Crippen molar-refractivity contribution in [3.63, 3.8) is 0 Å². The maximum absolute atomic E-state index is 14.7. The van der Waals surface area contributed by atoms with Crippen LogP contribution in [0.3, 0.4) is 0 Å². The summed E-state index contributed by atoms with van der Waals surface area (Å²) >= 11 is 3.08. The number of aromatic nitrogens is 1. The van der Waals surface area contributed by atoms with Crippen molar-refractivity contribution >= 4 is 34.0 Å². The number of carbonyl (C=O) groups excluding carboxylic acids is 2. The number of amidine groups is 1. The molecule has 1 aliphatic heterocycles. The predicted octanol–water partition coefficient (Wildman–Crippen LogP) is 5.98. The second-order valence-corrected chi connectivity index (χ2v) is 9.78. The lowest BCUT2D eigenvalue weighted by atomic mass is 9.89. The number of alkyl halides is 3. The summed E-state index contributed by atoms with van der Waals surface area (Å²) in [5.74, 6) is -1.95. The summed E-state index contributed by atoms with van der Waals surface area (Å²) in [6.45, 7) is 5.77. The molecule has 188 valence electrons. The van der Waals surface area contributed by atoms with E-state index in [0.29, 0.717) is 0 Å². The quantitative estimate of drug-likeness (QED) is 0.334. The van der Waals surface area contributed by atoms with Crippen molar-refractivity contribution < 1.29 is 36.6 Å². The maximum Gasteiger partial charge on any atom is 0.425 e. The number of hydrogen-bond acceptors (Lipinski definition) is 6. The first kappa shape index (κ1) is 26.6. The first-order chi connectivity index (χ1) is 16.1. The standard InChI is InChI=1S/C23H22BrF4N3O4/c1-21(2,3)35-20(33)31(18(32)13-8-6-5-7-9-13)19-30-22(4,12-15(34-19)23(26,27)28)17-14(25)10-11-16(24)29-17/h5-11,15H,12H2,1-4H3. The van der Waals surface area contributed by atoms with Crippen molar-refractivity contribution in [3.8, 4) is 0 Å². The molecule has 1 aromatic carbocycles. The van der Waals surface area contributed by atoms with Gasteiger partial charge in [0.15, 0.2) is 6.10 Å². The zero-order valence-corrected chi connectivity index (χ0v) is 20.8. The van der Waals surface area contributed by atoms with E-state index in [0.717, 1.165) is 6.07 Å². The van der Waals surface area contributed by atoms with Gasteiger partial charge in [0.1, 0.15) is 27.3 Å². The van der Waals surface area contributed by atoms with Crippen LogP contribution in [0.4, 0.5) is 22.4 Å². The molecule has 0 aliphatic carbocycles. The summed E-state index contributed by atoms with van der Waals surface area (Å²) in [4.78, 5) is 34.7. The Hall–Kier alpha value is -3.02.